The Morgan fingerprint density at radius 2 is 1.04 bits per heavy atom. The van der Waals surface area contributed by atoms with Crippen LogP contribution in [0.2, 0.25) is 0 Å². The lowest BCUT2D eigenvalue weighted by Gasteiger charge is -2.19. The van der Waals surface area contributed by atoms with E-state index in [1.807, 2.05) is 6.07 Å². The van der Waals surface area contributed by atoms with Gasteiger partial charge in [-0.15, -0.1) is 34.8 Å². The van der Waals surface area contributed by atoms with Crippen LogP contribution in [0.3, 0.4) is 0 Å². The summed E-state index contributed by atoms with van der Waals surface area (Å²) in [6.45, 7) is 2.43. The first-order chi connectivity index (χ1) is 11.5. The van der Waals surface area contributed by atoms with Gasteiger partial charge in [-0.1, -0.05) is 38.0 Å². The summed E-state index contributed by atoms with van der Waals surface area (Å²) in [6, 6.07) is 6.18. The summed E-state index contributed by atoms with van der Waals surface area (Å²) in [6.07, 6.45) is 5.88. The average molecular weight is 396 g/mol. The molecule has 24 heavy (non-hydrogen) atoms. The number of alkyl halides is 3. The van der Waals surface area contributed by atoms with Gasteiger partial charge in [0.2, 0.25) is 0 Å². The molecule has 5 heteroatoms. The lowest BCUT2D eigenvalue weighted by molar-refractivity contribution is 0.284. The Balaban J connectivity index is 3.03. The molecule has 1 aromatic carbocycles. The fourth-order valence-electron chi connectivity index (χ4n) is 2.67. The lowest BCUT2D eigenvalue weighted by atomic mass is 9.95. The molecule has 0 aliphatic heterocycles. The fraction of sp³-hybridized carbons (Fsp3) is 0.684. The highest BCUT2D eigenvalue weighted by Gasteiger charge is 2.17. The van der Waals surface area contributed by atoms with Crippen LogP contribution in [-0.4, -0.2) is 23.4 Å². The molecule has 0 saturated carbocycles. The zero-order chi connectivity index (χ0) is 17.9. The van der Waals surface area contributed by atoms with E-state index in [0.717, 1.165) is 36.0 Å². The molecular formula is C19H29Cl3O2. The van der Waals surface area contributed by atoms with Crippen molar-refractivity contribution in [2.24, 2.45) is 0 Å². The van der Waals surface area contributed by atoms with Gasteiger partial charge >= 0.3 is 0 Å². The average Bonchev–Trinajstić information content (AvgIpc) is 2.61. The van der Waals surface area contributed by atoms with Gasteiger partial charge in [-0.2, -0.15) is 0 Å². The van der Waals surface area contributed by atoms with E-state index in [1.165, 1.54) is 0 Å². The summed E-state index contributed by atoms with van der Waals surface area (Å²) < 4.78 is 0. The Morgan fingerprint density at radius 1 is 0.708 bits per heavy atom. The summed E-state index contributed by atoms with van der Waals surface area (Å²) in [7, 11) is 0. The second kappa shape index (κ2) is 12.4. The highest BCUT2D eigenvalue weighted by atomic mass is 35.5. The Hall–Kier alpha value is 0.01000. The molecule has 3 unspecified atom stereocenters. The van der Waals surface area contributed by atoms with Crippen LogP contribution in [0.4, 0.5) is 0 Å². The molecule has 2 N–H and O–H groups in total. The van der Waals surface area contributed by atoms with Gasteiger partial charge in [0.25, 0.3) is 0 Å². The van der Waals surface area contributed by atoms with Crippen LogP contribution in [0.1, 0.15) is 84.7 Å². The van der Waals surface area contributed by atoms with Crippen LogP contribution in [0, 0.1) is 0 Å². The Bertz CT molecular complexity index is 389. The predicted molar refractivity (Wildman–Crippen MR) is 104 cm³/mol. The monoisotopic (exact) mass is 394 g/mol. The highest BCUT2D eigenvalue weighted by Crippen LogP contribution is 2.36. The molecule has 0 aliphatic carbocycles. The van der Waals surface area contributed by atoms with Gasteiger partial charge in [0.1, 0.15) is 0 Å². The molecule has 0 amide bonds. The van der Waals surface area contributed by atoms with E-state index >= 15 is 0 Å². The third-order valence-electron chi connectivity index (χ3n) is 4.13. The van der Waals surface area contributed by atoms with Crippen LogP contribution < -0.4 is 0 Å². The van der Waals surface area contributed by atoms with Crippen molar-refractivity contribution in [3.05, 3.63) is 34.9 Å². The molecular weight excluding hydrogens is 367 g/mol. The minimum absolute atomic E-state index is 0.0490. The number of hydrogen-bond acceptors (Lipinski definition) is 2. The maximum Gasteiger partial charge on any atom is 0.0586 e. The van der Waals surface area contributed by atoms with Gasteiger partial charge in [0.15, 0.2) is 0 Å². The van der Waals surface area contributed by atoms with Crippen molar-refractivity contribution in [2.45, 2.75) is 68.0 Å². The summed E-state index contributed by atoms with van der Waals surface area (Å²) in [5, 5.41) is 17.7. The van der Waals surface area contributed by atoms with Crippen molar-refractivity contribution in [1.29, 1.82) is 0 Å². The first kappa shape index (κ1) is 22.1. The topological polar surface area (TPSA) is 40.5 Å². The van der Waals surface area contributed by atoms with Crippen molar-refractivity contribution in [1.82, 2.24) is 0 Å². The number of halogens is 3. The Labute approximate surface area is 161 Å². The van der Waals surface area contributed by atoms with E-state index in [1.54, 1.807) is 0 Å². The van der Waals surface area contributed by atoms with Gasteiger partial charge < -0.3 is 10.2 Å². The molecule has 138 valence electrons. The summed E-state index contributed by atoms with van der Waals surface area (Å²) in [5.41, 5.74) is 3.07. The minimum Gasteiger partial charge on any atom is -0.396 e. The number of hydrogen-bond donors (Lipinski definition) is 2. The minimum atomic E-state index is -0.160. The second-order valence-electron chi connectivity index (χ2n) is 6.21. The first-order valence-corrected chi connectivity index (χ1v) is 10.1. The lowest BCUT2D eigenvalue weighted by Crippen LogP contribution is -2.02. The Kier molecular flexibility index (Phi) is 11.4. The zero-order valence-electron chi connectivity index (χ0n) is 14.4. The van der Waals surface area contributed by atoms with Gasteiger partial charge in [-0.25, -0.2) is 0 Å². The molecule has 0 fully saturated rings. The number of unbranched alkanes of at least 4 members (excludes halogenated alkanes) is 1. The number of rotatable bonds is 12. The highest BCUT2D eigenvalue weighted by molar-refractivity contribution is 6.22. The molecule has 0 radical (unpaired) electrons. The molecule has 0 heterocycles. The summed E-state index contributed by atoms with van der Waals surface area (Å²) in [4.78, 5) is 0. The third-order valence-corrected chi connectivity index (χ3v) is 5.54. The van der Waals surface area contributed by atoms with E-state index in [-0.39, 0.29) is 29.3 Å². The van der Waals surface area contributed by atoms with Gasteiger partial charge in [-0.05, 0) is 48.8 Å². The van der Waals surface area contributed by atoms with Crippen molar-refractivity contribution in [3.63, 3.8) is 0 Å². The smallest absolute Gasteiger partial charge is 0.0586 e. The standard InChI is InChI=1S/C19H29Cl3O2/c1-2-3-6-17(20)14-11-15(18(21)7-4-9-23)13-16(12-14)19(22)8-5-10-24/h11-13,17-19,23-24H,2-10H2,1H3. The molecule has 1 rings (SSSR count). The summed E-state index contributed by atoms with van der Waals surface area (Å²) >= 11 is 19.6. The second-order valence-corrected chi connectivity index (χ2v) is 7.79. The molecule has 2 nitrogen and oxygen atoms in total. The van der Waals surface area contributed by atoms with E-state index in [9.17, 15) is 0 Å². The van der Waals surface area contributed by atoms with Gasteiger partial charge in [0, 0.05) is 13.2 Å². The maximum atomic E-state index is 9.02. The van der Waals surface area contributed by atoms with Crippen LogP contribution in [0.5, 0.6) is 0 Å². The van der Waals surface area contributed by atoms with E-state index in [2.05, 4.69) is 19.1 Å². The van der Waals surface area contributed by atoms with Gasteiger partial charge in [-0.3, -0.25) is 0 Å². The van der Waals surface area contributed by atoms with E-state index in [4.69, 9.17) is 45.0 Å². The fourth-order valence-corrected chi connectivity index (χ4v) is 3.51. The van der Waals surface area contributed by atoms with E-state index < -0.39 is 0 Å². The Morgan fingerprint density at radius 3 is 1.33 bits per heavy atom. The number of aliphatic hydroxyl groups is 2. The van der Waals surface area contributed by atoms with Crippen molar-refractivity contribution >= 4 is 34.8 Å². The summed E-state index contributed by atoms with van der Waals surface area (Å²) in [5.74, 6) is 0. The van der Waals surface area contributed by atoms with Crippen molar-refractivity contribution < 1.29 is 10.2 Å². The zero-order valence-corrected chi connectivity index (χ0v) is 16.6. The number of benzene rings is 1. The molecule has 0 spiro atoms. The predicted octanol–water partition coefficient (Wildman–Crippen LogP) is 6.26. The quantitative estimate of drug-likeness (QED) is 0.410. The van der Waals surface area contributed by atoms with Crippen LogP contribution >= 0.6 is 34.8 Å². The molecule has 3 atom stereocenters. The maximum absolute atomic E-state index is 9.02. The third kappa shape index (κ3) is 7.49. The molecule has 0 saturated heterocycles. The molecule has 0 aromatic heterocycles. The van der Waals surface area contributed by atoms with Crippen molar-refractivity contribution in [3.8, 4) is 0 Å². The SMILES string of the molecule is CCCCC(Cl)c1cc(C(Cl)CCCO)cc(C(Cl)CCCO)c1. The van der Waals surface area contributed by atoms with Crippen molar-refractivity contribution in [2.75, 3.05) is 13.2 Å². The molecule has 0 aliphatic rings. The molecule has 1 aromatic rings. The largest absolute Gasteiger partial charge is 0.396 e. The van der Waals surface area contributed by atoms with Crippen LogP contribution in [0.15, 0.2) is 18.2 Å². The van der Waals surface area contributed by atoms with Gasteiger partial charge in [0.05, 0.1) is 16.1 Å². The first-order valence-electron chi connectivity index (χ1n) is 8.82. The molecule has 0 bridgehead atoms. The number of aliphatic hydroxyl groups excluding tert-OH is 2. The van der Waals surface area contributed by atoms with Crippen LogP contribution in [-0.2, 0) is 0 Å². The van der Waals surface area contributed by atoms with E-state index in [0.29, 0.717) is 25.7 Å². The normalized spacial score (nSPS) is 15.2. The van der Waals surface area contributed by atoms with Crippen LogP contribution in [0.25, 0.3) is 0 Å².